The third-order valence-corrected chi connectivity index (χ3v) is 5.27. The van der Waals surface area contributed by atoms with Crippen molar-refractivity contribution < 1.29 is 33.8 Å². The zero-order valence-corrected chi connectivity index (χ0v) is 21.9. The Hall–Kier alpha value is -3.14. The van der Waals surface area contributed by atoms with Crippen molar-refractivity contribution in [2.45, 2.75) is 66.2 Å². The summed E-state index contributed by atoms with van der Waals surface area (Å²) in [6, 6.07) is 3.13. The van der Waals surface area contributed by atoms with Crippen LogP contribution in [0.4, 0.5) is 4.79 Å². The molecule has 10 heteroatoms. The zero-order chi connectivity index (χ0) is 26.9. The maximum Gasteiger partial charge on any atom is 0.408 e. The van der Waals surface area contributed by atoms with Crippen LogP contribution in [-0.2, 0) is 23.9 Å². The van der Waals surface area contributed by atoms with Gasteiger partial charge in [0.05, 0.1) is 13.7 Å². The molecule has 1 aromatic rings. The van der Waals surface area contributed by atoms with E-state index in [1.165, 1.54) is 12.0 Å². The van der Waals surface area contributed by atoms with Gasteiger partial charge in [0.15, 0.2) is 0 Å². The Morgan fingerprint density at radius 1 is 1.09 bits per heavy atom. The molecule has 35 heavy (non-hydrogen) atoms. The summed E-state index contributed by atoms with van der Waals surface area (Å²) >= 11 is 0. The number of hydrogen-bond donors (Lipinski definition) is 3. The number of esters is 1. The number of amides is 3. The molecule has 0 heterocycles. The number of carbonyl (C=O) groups is 4. The maximum atomic E-state index is 13.7. The smallest absolute Gasteiger partial charge is 0.408 e. The first-order valence-corrected chi connectivity index (χ1v) is 11.5. The molecule has 1 rings (SSSR count). The summed E-state index contributed by atoms with van der Waals surface area (Å²) in [4.78, 5) is 52.3. The van der Waals surface area contributed by atoms with Gasteiger partial charge in [-0.25, -0.2) is 4.79 Å². The van der Waals surface area contributed by atoms with Gasteiger partial charge < -0.3 is 30.1 Å². The fraction of sp³-hybridized carbons (Fsp3) is 0.600. The fourth-order valence-corrected chi connectivity index (χ4v) is 3.34. The highest BCUT2D eigenvalue weighted by molar-refractivity contribution is 5.93. The first kappa shape index (κ1) is 29.9. The van der Waals surface area contributed by atoms with Crippen molar-refractivity contribution in [2.24, 2.45) is 5.92 Å². The standard InChI is InChI=1S/C25H39N3O7/c1-15(2)20(27-24(33)35-25(5,6)7)23(32)28(11-12-29)21(22(31)26-14-19(30)34-8)18-10-9-16(3)17(4)13-18/h9-10,13,15,20-21,29H,11-12,14H2,1-8H3,(H,26,31)(H,27,33). The van der Waals surface area contributed by atoms with Gasteiger partial charge in [-0.2, -0.15) is 0 Å². The van der Waals surface area contributed by atoms with Crippen molar-refractivity contribution in [2.75, 3.05) is 26.8 Å². The Kier molecular flexibility index (Phi) is 11.2. The minimum absolute atomic E-state index is 0.179. The second-order valence-corrected chi connectivity index (χ2v) is 9.66. The molecule has 0 aliphatic heterocycles. The second-order valence-electron chi connectivity index (χ2n) is 9.66. The third-order valence-electron chi connectivity index (χ3n) is 5.27. The van der Waals surface area contributed by atoms with E-state index in [9.17, 15) is 24.3 Å². The van der Waals surface area contributed by atoms with E-state index in [0.29, 0.717) is 5.56 Å². The topological polar surface area (TPSA) is 134 Å². The van der Waals surface area contributed by atoms with Crippen LogP contribution in [0.2, 0.25) is 0 Å². The van der Waals surface area contributed by atoms with Crippen molar-refractivity contribution in [3.63, 3.8) is 0 Å². The van der Waals surface area contributed by atoms with Gasteiger partial charge in [0.1, 0.15) is 24.2 Å². The minimum atomic E-state index is -1.17. The van der Waals surface area contributed by atoms with Crippen LogP contribution in [0.1, 0.15) is 57.4 Å². The fourth-order valence-electron chi connectivity index (χ4n) is 3.34. The SMILES string of the molecule is COC(=O)CNC(=O)C(c1ccc(C)c(C)c1)N(CCO)C(=O)C(NC(=O)OC(C)(C)C)C(C)C. The molecule has 2 atom stereocenters. The van der Waals surface area contributed by atoms with Gasteiger partial charge in [0.25, 0.3) is 0 Å². The van der Waals surface area contributed by atoms with E-state index in [4.69, 9.17) is 4.74 Å². The Morgan fingerprint density at radius 3 is 2.20 bits per heavy atom. The van der Waals surface area contributed by atoms with Crippen molar-refractivity contribution in [3.8, 4) is 0 Å². The van der Waals surface area contributed by atoms with Crippen LogP contribution in [0, 0.1) is 19.8 Å². The number of aryl methyl sites for hydroxylation is 2. The Balaban J connectivity index is 3.44. The predicted molar refractivity (Wildman–Crippen MR) is 130 cm³/mol. The normalized spacial score (nSPS) is 13.0. The summed E-state index contributed by atoms with van der Waals surface area (Å²) in [7, 11) is 1.20. The highest BCUT2D eigenvalue weighted by Gasteiger charge is 2.37. The summed E-state index contributed by atoms with van der Waals surface area (Å²) in [6.45, 7) is 11.4. The number of nitrogens with zero attached hydrogens (tertiary/aromatic N) is 1. The van der Waals surface area contributed by atoms with Crippen LogP contribution in [0.3, 0.4) is 0 Å². The number of carbonyl (C=O) groups excluding carboxylic acids is 4. The van der Waals surface area contributed by atoms with E-state index in [2.05, 4.69) is 15.4 Å². The number of rotatable bonds is 10. The molecule has 0 radical (unpaired) electrons. The molecule has 0 saturated carbocycles. The minimum Gasteiger partial charge on any atom is -0.468 e. The van der Waals surface area contributed by atoms with E-state index >= 15 is 0 Å². The van der Waals surface area contributed by atoms with E-state index < -0.39 is 48.2 Å². The van der Waals surface area contributed by atoms with Crippen LogP contribution in [0.15, 0.2) is 18.2 Å². The molecule has 0 saturated heterocycles. The van der Waals surface area contributed by atoms with E-state index in [-0.39, 0.29) is 19.0 Å². The number of methoxy groups -OCH3 is 1. The molecule has 3 N–H and O–H groups in total. The molecule has 2 unspecified atom stereocenters. The van der Waals surface area contributed by atoms with Crippen LogP contribution in [0.25, 0.3) is 0 Å². The summed E-state index contributed by atoms with van der Waals surface area (Å²) in [6.07, 6.45) is -0.772. The van der Waals surface area contributed by atoms with Crippen molar-refractivity contribution in [1.82, 2.24) is 15.5 Å². The van der Waals surface area contributed by atoms with Gasteiger partial charge >= 0.3 is 12.1 Å². The third kappa shape index (κ3) is 9.20. The number of nitrogens with one attached hydrogen (secondary N) is 2. The molecule has 0 aliphatic carbocycles. The van der Waals surface area contributed by atoms with Gasteiger partial charge in [0, 0.05) is 6.54 Å². The molecule has 1 aromatic carbocycles. The van der Waals surface area contributed by atoms with Crippen molar-refractivity contribution >= 4 is 23.9 Å². The number of alkyl carbamates (subject to hydrolysis) is 1. The van der Waals surface area contributed by atoms with E-state index in [1.807, 2.05) is 19.9 Å². The highest BCUT2D eigenvalue weighted by Crippen LogP contribution is 2.25. The quantitative estimate of drug-likeness (QED) is 0.425. The summed E-state index contributed by atoms with van der Waals surface area (Å²) < 4.78 is 9.90. The Bertz CT molecular complexity index is 909. The van der Waals surface area contributed by atoms with Crippen molar-refractivity contribution in [3.05, 3.63) is 34.9 Å². The van der Waals surface area contributed by atoms with Crippen LogP contribution in [-0.4, -0.2) is 72.3 Å². The maximum absolute atomic E-state index is 13.7. The Labute approximate surface area is 207 Å². The summed E-state index contributed by atoms with van der Waals surface area (Å²) in [5.41, 5.74) is 1.62. The molecule has 0 aliphatic rings. The average molecular weight is 494 g/mol. The van der Waals surface area contributed by atoms with E-state index in [1.54, 1.807) is 46.8 Å². The molecule has 3 amide bonds. The summed E-state index contributed by atoms with van der Waals surface area (Å²) in [5.74, 6) is -2.20. The molecular formula is C25H39N3O7. The number of ether oxygens (including phenoxy) is 2. The molecule has 0 aromatic heterocycles. The molecule has 10 nitrogen and oxygen atoms in total. The lowest BCUT2D eigenvalue weighted by Gasteiger charge is -2.35. The lowest BCUT2D eigenvalue weighted by atomic mass is 9.96. The van der Waals surface area contributed by atoms with E-state index in [0.717, 1.165) is 11.1 Å². The van der Waals surface area contributed by atoms with Crippen LogP contribution >= 0.6 is 0 Å². The summed E-state index contributed by atoms with van der Waals surface area (Å²) in [5, 5.41) is 14.9. The molecule has 0 bridgehead atoms. The average Bonchev–Trinajstić information content (AvgIpc) is 2.75. The van der Waals surface area contributed by atoms with Crippen LogP contribution in [0.5, 0.6) is 0 Å². The highest BCUT2D eigenvalue weighted by atomic mass is 16.6. The molecular weight excluding hydrogens is 454 g/mol. The van der Waals surface area contributed by atoms with Gasteiger partial charge in [0.2, 0.25) is 11.8 Å². The zero-order valence-electron chi connectivity index (χ0n) is 21.9. The van der Waals surface area contributed by atoms with Gasteiger partial charge in [-0.15, -0.1) is 0 Å². The van der Waals surface area contributed by atoms with Gasteiger partial charge in [-0.3, -0.25) is 14.4 Å². The molecule has 0 spiro atoms. The van der Waals surface area contributed by atoms with Gasteiger partial charge in [-0.1, -0.05) is 32.0 Å². The number of aliphatic hydroxyl groups is 1. The van der Waals surface area contributed by atoms with Crippen molar-refractivity contribution in [1.29, 1.82) is 0 Å². The molecule has 0 fully saturated rings. The van der Waals surface area contributed by atoms with Crippen LogP contribution < -0.4 is 10.6 Å². The van der Waals surface area contributed by atoms with Gasteiger partial charge in [-0.05, 0) is 57.2 Å². The first-order valence-electron chi connectivity index (χ1n) is 11.5. The number of aliphatic hydroxyl groups excluding tert-OH is 1. The Morgan fingerprint density at radius 2 is 1.71 bits per heavy atom. The number of benzene rings is 1. The monoisotopic (exact) mass is 493 g/mol. The molecule has 196 valence electrons. The first-order chi connectivity index (χ1) is 16.2. The lowest BCUT2D eigenvalue weighted by molar-refractivity contribution is -0.145. The second kappa shape index (κ2) is 13.1. The predicted octanol–water partition coefficient (Wildman–Crippen LogP) is 2.00. The lowest BCUT2D eigenvalue weighted by Crippen LogP contribution is -2.55. The number of hydrogen-bond acceptors (Lipinski definition) is 7. The largest absolute Gasteiger partial charge is 0.468 e.